The third-order valence-corrected chi connectivity index (χ3v) is 3.92. The van der Waals surface area contributed by atoms with Crippen LogP contribution in [0.1, 0.15) is 21.1 Å². The monoisotopic (exact) mass is 270 g/mol. The third kappa shape index (κ3) is 2.83. The van der Waals surface area contributed by atoms with Crippen molar-refractivity contribution in [1.29, 1.82) is 5.26 Å². The number of methoxy groups -OCH3 is 1. The first-order valence-electron chi connectivity index (χ1n) is 5.85. The molecule has 0 aliphatic rings. The van der Waals surface area contributed by atoms with Gasteiger partial charge in [-0.1, -0.05) is 18.2 Å². The van der Waals surface area contributed by atoms with Gasteiger partial charge in [0.25, 0.3) is 0 Å². The fraction of sp³-hybridized carbons (Fsp3) is 0.200. The smallest absolute Gasteiger partial charge is 0.134 e. The highest BCUT2D eigenvalue weighted by molar-refractivity contribution is 7.12. The lowest BCUT2D eigenvalue weighted by Crippen LogP contribution is -1.87. The van der Waals surface area contributed by atoms with Gasteiger partial charge in [-0.2, -0.15) is 5.26 Å². The summed E-state index contributed by atoms with van der Waals surface area (Å²) in [5.41, 5.74) is 2.42. The Morgan fingerprint density at radius 1 is 1.37 bits per heavy atom. The predicted octanol–water partition coefficient (Wildman–Crippen LogP) is 3.83. The molecular formula is C15H14N2OS. The standard InChI is InChI=1S/C15H14N2OS/c1-10-11(2)19-15(17-10)13(9-16)8-12-6-4-5-7-14(12)18-3/h4-8H,1-3H3/b13-8+. The maximum Gasteiger partial charge on any atom is 0.134 e. The average molecular weight is 270 g/mol. The Balaban J connectivity index is 2.47. The molecule has 0 bridgehead atoms. The van der Waals surface area contributed by atoms with Crippen LogP contribution in [0, 0.1) is 25.2 Å². The number of hydrogen-bond donors (Lipinski definition) is 0. The molecule has 3 nitrogen and oxygen atoms in total. The molecule has 19 heavy (non-hydrogen) atoms. The Morgan fingerprint density at radius 2 is 2.11 bits per heavy atom. The Morgan fingerprint density at radius 3 is 2.68 bits per heavy atom. The van der Waals surface area contributed by atoms with E-state index in [1.54, 1.807) is 7.11 Å². The SMILES string of the molecule is COc1ccccc1/C=C(\C#N)c1nc(C)c(C)s1. The summed E-state index contributed by atoms with van der Waals surface area (Å²) in [7, 11) is 1.62. The summed E-state index contributed by atoms with van der Waals surface area (Å²) in [4.78, 5) is 5.56. The van der Waals surface area contributed by atoms with Crippen molar-refractivity contribution in [3.05, 3.63) is 45.4 Å². The number of allylic oxidation sites excluding steroid dienone is 1. The van der Waals surface area contributed by atoms with Crippen LogP contribution in [0.15, 0.2) is 24.3 Å². The molecule has 0 saturated carbocycles. The van der Waals surface area contributed by atoms with E-state index in [0.717, 1.165) is 26.9 Å². The maximum absolute atomic E-state index is 9.31. The molecule has 1 aromatic carbocycles. The highest BCUT2D eigenvalue weighted by Gasteiger charge is 2.10. The fourth-order valence-electron chi connectivity index (χ4n) is 1.67. The van der Waals surface area contributed by atoms with E-state index in [1.807, 2.05) is 44.2 Å². The van der Waals surface area contributed by atoms with Crippen molar-refractivity contribution in [2.75, 3.05) is 7.11 Å². The second kappa shape index (κ2) is 5.68. The minimum Gasteiger partial charge on any atom is -0.496 e. The molecule has 4 heteroatoms. The highest BCUT2D eigenvalue weighted by Crippen LogP contribution is 2.27. The predicted molar refractivity (Wildman–Crippen MR) is 78.1 cm³/mol. The van der Waals surface area contributed by atoms with Crippen LogP contribution in [0.3, 0.4) is 0 Å². The van der Waals surface area contributed by atoms with Gasteiger partial charge in [0.1, 0.15) is 16.8 Å². The van der Waals surface area contributed by atoms with E-state index in [-0.39, 0.29) is 0 Å². The number of rotatable bonds is 3. The maximum atomic E-state index is 9.31. The average Bonchev–Trinajstić information content (AvgIpc) is 2.76. The van der Waals surface area contributed by atoms with E-state index in [2.05, 4.69) is 11.1 Å². The Kier molecular flexibility index (Phi) is 3.98. The van der Waals surface area contributed by atoms with E-state index in [0.29, 0.717) is 5.57 Å². The molecule has 0 atom stereocenters. The van der Waals surface area contributed by atoms with Crippen LogP contribution in [-0.2, 0) is 0 Å². The van der Waals surface area contributed by atoms with Gasteiger partial charge < -0.3 is 4.74 Å². The van der Waals surface area contributed by atoms with E-state index in [1.165, 1.54) is 11.3 Å². The van der Waals surface area contributed by atoms with E-state index in [9.17, 15) is 5.26 Å². The van der Waals surface area contributed by atoms with E-state index in [4.69, 9.17) is 4.74 Å². The molecule has 2 aromatic rings. The van der Waals surface area contributed by atoms with Crippen molar-refractivity contribution in [3.8, 4) is 11.8 Å². The van der Waals surface area contributed by atoms with Gasteiger partial charge in [-0.05, 0) is 26.0 Å². The van der Waals surface area contributed by atoms with Crippen molar-refractivity contribution in [1.82, 2.24) is 4.98 Å². The van der Waals surface area contributed by atoms with Gasteiger partial charge in [0.2, 0.25) is 0 Å². The first-order chi connectivity index (χ1) is 9.15. The van der Waals surface area contributed by atoms with Crippen LogP contribution in [0.4, 0.5) is 0 Å². The zero-order valence-electron chi connectivity index (χ0n) is 11.1. The molecule has 0 N–H and O–H groups in total. The molecular weight excluding hydrogens is 256 g/mol. The van der Waals surface area contributed by atoms with Gasteiger partial charge in [0, 0.05) is 10.4 Å². The number of hydrogen-bond acceptors (Lipinski definition) is 4. The van der Waals surface area contributed by atoms with Crippen LogP contribution in [-0.4, -0.2) is 12.1 Å². The molecule has 96 valence electrons. The number of nitrogens with zero attached hydrogens (tertiary/aromatic N) is 2. The first-order valence-corrected chi connectivity index (χ1v) is 6.66. The lowest BCUT2D eigenvalue weighted by molar-refractivity contribution is 0.414. The Hall–Kier alpha value is -2.12. The van der Waals surface area contributed by atoms with Crippen molar-refractivity contribution in [3.63, 3.8) is 0 Å². The quantitative estimate of drug-likeness (QED) is 0.796. The van der Waals surface area contributed by atoms with Gasteiger partial charge >= 0.3 is 0 Å². The molecule has 1 aromatic heterocycles. The third-order valence-electron chi connectivity index (χ3n) is 2.82. The minimum absolute atomic E-state index is 0.561. The van der Waals surface area contributed by atoms with Crippen LogP contribution in [0.2, 0.25) is 0 Å². The number of para-hydroxylation sites is 1. The van der Waals surface area contributed by atoms with Crippen molar-refractivity contribution in [2.24, 2.45) is 0 Å². The Bertz CT molecular complexity index is 646. The minimum atomic E-state index is 0.561. The first kappa shape index (κ1) is 13.3. The van der Waals surface area contributed by atoms with Crippen LogP contribution in [0.25, 0.3) is 11.6 Å². The van der Waals surface area contributed by atoms with Gasteiger partial charge in [-0.25, -0.2) is 4.98 Å². The number of aryl methyl sites for hydroxylation is 2. The van der Waals surface area contributed by atoms with Gasteiger partial charge in [0.05, 0.1) is 18.4 Å². The van der Waals surface area contributed by atoms with Crippen LogP contribution < -0.4 is 4.74 Å². The zero-order chi connectivity index (χ0) is 13.8. The normalized spacial score (nSPS) is 11.2. The molecule has 0 aliphatic carbocycles. The van der Waals surface area contributed by atoms with E-state index >= 15 is 0 Å². The highest BCUT2D eigenvalue weighted by atomic mass is 32.1. The van der Waals surface area contributed by atoms with Gasteiger partial charge in [0.15, 0.2) is 0 Å². The van der Waals surface area contributed by atoms with Crippen molar-refractivity contribution in [2.45, 2.75) is 13.8 Å². The summed E-state index contributed by atoms with van der Waals surface area (Å²) < 4.78 is 5.28. The molecule has 2 rings (SSSR count). The summed E-state index contributed by atoms with van der Waals surface area (Å²) in [6.45, 7) is 3.96. The number of ether oxygens (including phenoxy) is 1. The second-order valence-corrected chi connectivity index (χ2v) is 5.28. The summed E-state index contributed by atoms with van der Waals surface area (Å²) in [5.74, 6) is 0.750. The summed E-state index contributed by atoms with van der Waals surface area (Å²) in [6.07, 6.45) is 1.82. The molecule has 0 saturated heterocycles. The Labute approximate surface area is 116 Å². The van der Waals surface area contributed by atoms with E-state index < -0.39 is 0 Å². The number of nitriles is 1. The number of thiazole rings is 1. The number of aromatic nitrogens is 1. The zero-order valence-corrected chi connectivity index (χ0v) is 11.9. The van der Waals surface area contributed by atoms with Crippen molar-refractivity contribution >= 4 is 23.0 Å². The van der Waals surface area contributed by atoms with Gasteiger partial charge in [-0.3, -0.25) is 0 Å². The van der Waals surface area contributed by atoms with Crippen LogP contribution in [0.5, 0.6) is 5.75 Å². The van der Waals surface area contributed by atoms with Gasteiger partial charge in [-0.15, -0.1) is 11.3 Å². The molecule has 0 aliphatic heterocycles. The lowest BCUT2D eigenvalue weighted by atomic mass is 10.1. The number of benzene rings is 1. The summed E-state index contributed by atoms with van der Waals surface area (Å²) in [5, 5.41) is 10.1. The van der Waals surface area contributed by atoms with Crippen molar-refractivity contribution < 1.29 is 4.74 Å². The molecule has 0 spiro atoms. The molecule has 1 heterocycles. The molecule has 0 fully saturated rings. The second-order valence-electron chi connectivity index (χ2n) is 4.07. The largest absolute Gasteiger partial charge is 0.496 e. The summed E-state index contributed by atoms with van der Waals surface area (Å²) in [6, 6.07) is 9.83. The topological polar surface area (TPSA) is 45.9 Å². The lowest BCUT2D eigenvalue weighted by Gasteiger charge is -2.03. The molecule has 0 unspecified atom stereocenters. The fourth-order valence-corrected chi connectivity index (χ4v) is 2.55. The van der Waals surface area contributed by atoms with Crippen LogP contribution >= 0.6 is 11.3 Å². The summed E-state index contributed by atoms with van der Waals surface area (Å²) >= 11 is 1.54. The molecule has 0 radical (unpaired) electrons. The molecule has 0 amide bonds.